The van der Waals surface area contributed by atoms with E-state index in [1.54, 1.807) is 0 Å². The number of hydrogen-bond donors (Lipinski definition) is 1. The minimum Gasteiger partial charge on any atom is -0.465 e. The Morgan fingerprint density at radius 1 is 1.73 bits per heavy atom. The summed E-state index contributed by atoms with van der Waals surface area (Å²) in [7, 11) is 1.34. The molecule has 1 aromatic rings. The Kier molecular flexibility index (Phi) is 2.97. The molecule has 0 bridgehead atoms. The molecule has 0 amide bonds. The number of rotatable bonds is 1. The largest absolute Gasteiger partial charge is 0.465 e. The van der Waals surface area contributed by atoms with Gasteiger partial charge in [0, 0.05) is 18.5 Å². The van der Waals surface area contributed by atoms with Crippen molar-refractivity contribution >= 4 is 38.9 Å². The number of fused-ring (bicyclic) bond motifs is 1. The van der Waals surface area contributed by atoms with E-state index >= 15 is 0 Å². The topological polar surface area (TPSA) is 38.3 Å². The summed E-state index contributed by atoms with van der Waals surface area (Å²) in [6.07, 6.45) is -0.551. The van der Waals surface area contributed by atoms with Gasteiger partial charge >= 0.3 is 5.97 Å². The zero-order valence-electron chi connectivity index (χ0n) is 7.97. The first kappa shape index (κ1) is 10.9. The number of anilines is 1. The summed E-state index contributed by atoms with van der Waals surface area (Å²) in [4.78, 5) is 11.9. The molecule has 0 fully saturated rings. The molecule has 0 radical (unpaired) electrons. The lowest BCUT2D eigenvalue weighted by molar-refractivity contribution is 0.0607. The van der Waals surface area contributed by atoms with Crippen LogP contribution in [0.2, 0.25) is 0 Å². The highest BCUT2D eigenvalue weighted by Crippen LogP contribution is 2.40. The van der Waals surface area contributed by atoms with E-state index in [-0.39, 0.29) is 12.5 Å². The van der Waals surface area contributed by atoms with Crippen molar-refractivity contribution in [3.8, 4) is 0 Å². The predicted octanol–water partition coefficient (Wildman–Crippen LogP) is 2.60. The third-order valence-electron chi connectivity index (χ3n) is 2.25. The van der Waals surface area contributed by atoms with E-state index in [0.29, 0.717) is 17.0 Å². The molecule has 6 heteroatoms. The number of ether oxygens (including phenoxy) is 1. The highest BCUT2D eigenvalue weighted by molar-refractivity contribution is 9.11. The number of halogens is 2. The Morgan fingerprint density at radius 2 is 2.47 bits per heavy atom. The van der Waals surface area contributed by atoms with Crippen LogP contribution in [0.15, 0.2) is 3.79 Å². The van der Waals surface area contributed by atoms with Crippen molar-refractivity contribution in [2.45, 2.75) is 12.6 Å². The minimum absolute atomic E-state index is 0.250. The zero-order valence-corrected chi connectivity index (χ0v) is 10.4. The Morgan fingerprint density at radius 3 is 3.13 bits per heavy atom. The van der Waals surface area contributed by atoms with Crippen molar-refractivity contribution in [3.05, 3.63) is 14.2 Å². The van der Waals surface area contributed by atoms with Crippen molar-refractivity contribution < 1.29 is 13.9 Å². The van der Waals surface area contributed by atoms with Crippen LogP contribution < -0.4 is 5.32 Å². The number of thiophene rings is 1. The van der Waals surface area contributed by atoms with E-state index in [1.807, 2.05) is 0 Å². The number of methoxy groups -OCH3 is 1. The van der Waals surface area contributed by atoms with E-state index in [4.69, 9.17) is 0 Å². The standard InChI is InChI=1S/C9H9BrFNO2S/c1-14-9(13)7-6-5(8(10)15-7)2-4(11)3-12-6/h4,12H,2-3H2,1H3. The Bertz CT molecular complexity index is 407. The quantitative estimate of drug-likeness (QED) is 0.809. The van der Waals surface area contributed by atoms with Crippen LogP contribution in [-0.4, -0.2) is 25.8 Å². The number of nitrogens with one attached hydrogen (secondary N) is 1. The van der Waals surface area contributed by atoms with Gasteiger partial charge in [0.05, 0.1) is 16.6 Å². The molecule has 1 N–H and O–H groups in total. The van der Waals surface area contributed by atoms with Gasteiger partial charge in [0.15, 0.2) is 0 Å². The molecule has 0 saturated carbocycles. The average molecular weight is 294 g/mol. The van der Waals surface area contributed by atoms with Gasteiger partial charge in [-0.2, -0.15) is 0 Å². The fraction of sp³-hybridized carbons (Fsp3) is 0.444. The molecule has 15 heavy (non-hydrogen) atoms. The molecule has 82 valence electrons. The van der Waals surface area contributed by atoms with Gasteiger partial charge < -0.3 is 10.1 Å². The smallest absolute Gasteiger partial charge is 0.350 e. The first-order chi connectivity index (χ1) is 7.13. The first-order valence-corrected chi connectivity index (χ1v) is 6.02. The summed E-state index contributed by atoms with van der Waals surface area (Å²) in [5.74, 6) is -0.383. The van der Waals surface area contributed by atoms with Crippen LogP contribution in [0, 0.1) is 0 Å². The SMILES string of the molecule is COC(=O)c1sc(Br)c2c1NCC(F)C2. The molecular formula is C9H9BrFNO2S. The van der Waals surface area contributed by atoms with Crippen LogP contribution in [0.5, 0.6) is 0 Å². The van der Waals surface area contributed by atoms with Gasteiger partial charge in [-0.05, 0) is 15.9 Å². The zero-order chi connectivity index (χ0) is 11.0. The van der Waals surface area contributed by atoms with Crippen LogP contribution in [0.3, 0.4) is 0 Å². The molecule has 1 aromatic heterocycles. The van der Waals surface area contributed by atoms with E-state index in [2.05, 4.69) is 26.0 Å². The number of carbonyl (C=O) groups excluding carboxylic acids is 1. The van der Waals surface area contributed by atoms with Crippen molar-refractivity contribution in [1.82, 2.24) is 0 Å². The van der Waals surface area contributed by atoms with Crippen LogP contribution in [0.25, 0.3) is 0 Å². The van der Waals surface area contributed by atoms with Gasteiger partial charge in [0.2, 0.25) is 0 Å². The third-order valence-corrected chi connectivity index (χ3v) is 4.22. The molecule has 0 aromatic carbocycles. The Hall–Kier alpha value is -0.620. The van der Waals surface area contributed by atoms with Crippen molar-refractivity contribution in [2.75, 3.05) is 19.0 Å². The summed E-state index contributed by atoms with van der Waals surface area (Å²) in [5, 5.41) is 2.92. The molecule has 2 rings (SSSR count). The fourth-order valence-corrected chi connectivity index (χ4v) is 3.35. The van der Waals surface area contributed by atoms with Gasteiger partial charge in [-0.1, -0.05) is 0 Å². The minimum atomic E-state index is -0.895. The predicted molar refractivity (Wildman–Crippen MR) is 60.4 cm³/mol. The maximum Gasteiger partial charge on any atom is 0.350 e. The molecule has 1 atom stereocenters. The molecule has 3 nitrogen and oxygen atoms in total. The highest BCUT2D eigenvalue weighted by atomic mass is 79.9. The monoisotopic (exact) mass is 293 g/mol. The third kappa shape index (κ3) is 1.88. The lowest BCUT2D eigenvalue weighted by Gasteiger charge is -2.18. The van der Waals surface area contributed by atoms with E-state index in [9.17, 15) is 9.18 Å². The van der Waals surface area contributed by atoms with Crippen molar-refractivity contribution in [2.24, 2.45) is 0 Å². The maximum atomic E-state index is 13.1. The molecule has 0 saturated heterocycles. The normalized spacial score (nSPS) is 19.3. The van der Waals surface area contributed by atoms with Crippen LogP contribution in [0.4, 0.5) is 10.1 Å². The molecule has 0 aliphatic carbocycles. The summed E-state index contributed by atoms with van der Waals surface area (Å²) in [5.41, 5.74) is 1.55. The van der Waals surface area contributed by atoms with Gasteiger partial charge in [-0.15, -0.1) is 11.3 Å². The maximum absolute atomic E-state index is 13.1. The molecule has 0 spiro atoms. The lowest BCUT2D eigenvalue weighted by atomic mass is 10.1. The lowest BCUT2D eigenvalue weighted by Crippen LogP contribution is -2.24. The summed E-state index contributed by atoms with van der Waals surface area (Å²) in [6.45, 7) is 0.250. The highest BCUT2D eigenvalue weighted by Gasteiger charge is 2.28. The van der Waals surface area contributed by atoms with Crippen LogP contribution in [-0.2, 0) is 11.2 Å². The van der Waals surface area contributed by atoms with Gasteiger partial charge in [-0.25, -0.2) is 9.18 Å². The summed E-state index contributed by atoms with van der Waals surface area (Å²) >= 11 is 4.61. The summed E-state index contributed by atoms with van der Waals surface area (Å²) < 4.78 is 18.6. The number of alkyl halides is 1. The molecule has 1 unspecified atom stereocenters. The van der Waals surface area contributed by atoms with Crippen molar-refractivity contribution in [3.63, 3.8) is 0 Å². The van der Waals surface area contributed by atoms with Gasteiger partial charge in [0.25, 0.3) is 0 Å². The number of esters is 1. The molecule has 1 aliphatic heterocycles. The average Bonchev–Trinajstić information content (AvgIpc) is 2.55. The number of hydrogen-bond acceptors (Lipinski definition) is 4. The Balaban J connectivity index is 2.43. The van der Waals surface area contributed by atoms with E-state index in [0.717, 1.165) is 9.35 Å². The number of carbonyl (C=O) groups is 1. The molecule has 2 heterocycles. The second kappa shape index (κ2) is 4.09. The van der Waals surface area contributed by atoms with Crippen LogP contribution >= 0.6 is 27.3 Å². The van der Waals surface area contributed by atoms with Gasteiger partial charge in [0.1, 0.15) is 11.0 Å². The molecule has 1 aliphatic rings. The second-order valence-electron chi connectivity index (χ2n) is 3.23. The summed E-state index contributed by atoms with van der Waals surface area (Å²) in [6, 6.07) is 0. The Labute approximate surface area is 98.7 Å². The molecular weight excluding hydrogens is 285 g/mol. The van der Waals surface area contributed by atoms with Crippen molar-refractivity contribution in [1.29, 1.82) is 0 Å². The van der Waals surface area contributed by atoms with E-state index in [1.165, 1.54) is 18.4 Å². The van der Waals surface area contributed by atoms with E-state index < -0.39 is 6.17 Å². The first-order valence-electron chi connectivity index (χ1n) is 4.41. The van der Waals surface area contributed by atoms with Gasteiger partial charge in [-0.3, -0.25) is 0 Å². The second-order valence-corrected chi connectivity index (χ2v) is 5.57. The fourth-order valence-electron chi connectivity index (χ4n) is 1.55. The van der Waals surface area contributed by atoms with Crippen LogP contribution in [0.1, 0.15) is 15.2 Å².